The number of ether oxygens (including phenoxy) is 2. The number of nitrogens with zero attached hydrogens (tertiary/aromatic N) is 1. The fraction of sp³-hybridized carbons (Fsp3) is 0.375. The number of aryl methyl sites for hydroxylation is 2. The summed E-state index contributed by atoms with van der Waals surface area (Å²) < 4.78 is 10.9. The minimum atomic E-state index is -0.814. The van der Waals surface area contributed by atoms with E-state index in [2.05, 4.69) is 4.98 Å². The molecule has 0 unspecified atom stereocenters. The van der Waals surface area contributed by atoms with Crippen molar-refractivity contribution in [3.8, 4) is 11.6 Å². The van der Waals surface area contributed by atoms with Gasteiger partial charge < -0.3 is 14.6 Å². The van der Waals surface area contributed by atoms with E-state index >= 15 is 0 Å². The number of benzene rings is 1. The van der Waals surface area contributed by atoms with Gasteiger partial charge in [0.2, 0.25) is 5.88 Å². The van der Waals surface area contributed by atoms with E-state index < -0.39 is 11.9 Å². The molecular formula is C16H17NO4. The molecule has 110 valence electrons. The Kier molecular flexibility index (Phi) is 3.20. The SMILES string of the molecule is COc1nc(C)cc2cc3c(c(OC)c12)[C@H](C(=O)O)CC3. The highest BCUT2D eigenvalue weighted by Crippen LogP contribution is 2.46. The average molecular weight is 287 g/mol. The highest BCUT2D eigenvalue weighted by atomic mass is 16.5. The topological polar surface area (TPSA) is 68.7 Å². The predicted molar refractivity (Wildman–Crippen MR) is 78.3 cm³/mol. The second kappa shape index (κ2) is 4.91. The van der Waals surface area contributed by atoms with Crippen LogP contribution >= 0.6 is 0 Å². The number of fused-ring (bicyclic) bond motifs is 2. The average Bonchev–Trinajstić information content (AvgIpc) is 2.87. The number of methoxy groups -OCH3 is 2. The number of pyridine rings is 1. The van der Waals surface area contributed by atoms with Gasteiger partial charge in [-0.1, -0.05) is 6.07 Å². The van der Waals surface area contributed by atoms with Crippen LogP contribution in [0.15, 0.2) is 12.1 Å². The van der Waals surface area contributed by atoms with E-state index in [0.29, 0.717) is 18.1 Å². The van der Waals surface area contributed by atoms with Crippen LogP contribution in [0.5, 0.6) is 11.6 Å². The van der Waals surface area contributed by atoms with Gasteiger partial charge in [-0.15, -0.1) is 0 Å². The van der Waals surface area contributed by atoms with E-state index in [0.717, 1.165) is 34.0 Å². The zero-order valence-electron chi connectivity index (χ0n) is 12.3. The van der Waals surface area contributed by atoms with Crippen molar-refractivity contribution in [2.24, 2.45) is 0 Å². The highest BCUT2D eigenvalue weighted by Gasteiger charge is 2.33. The molecule has 5 heteroatoms. The Bertz CT molecular complexity index is 739. The lowest BCUT2D eigenvalue weighted by Gasteiger charge is -2.16. The molecule has 1 N–H and O–H groups in total. The quantitative estimate of drug-likeness (QED) is 0.940. The molecule has 1 heterocycles. The van der Waals surface area contributed by atoms with Crippen molar-refractivity contribution >= 4 is 16.7 Å². The van der Waals surface area contributed by atoms with Crippen molar-refractivity contribution in [1.82, 2.24) is 4.98 Å². The maximum Gasteiger partial charge on any atom is 0.311 e. The van der Waals surface area contributed by atoms with Crippen LogP contribution < -0.4 is 9.47 Å². The van der Waals surface area contributed by atoms with Gasteiger partial charge in [-0.3, -0.25) is 4.79 Å². The van der Waals surface area contributed by atoms with E-state index in [9.17, 15) is 9.90 Å². The maximum absolute atomic E-state index is 11.5. The first-order valence-electron chi connectivity index (χ1n) is 6.84. The van der Waals surface area contributed by atoms with Crippen molar-refractivity contribution in [3.63, 3.8) is 0 Å². The van der Waals surface area contributed by atoms with Crippen LogP contribution in [-0.2, 0) is 11.2 Å². The van der Waals surface area contributed by atoms with Crippen LogP contribution in [0.2, 0.25) is 0 Å². The van der Waals surface area contributed by atoms with Gasteiger partial charge in [0.15, 0.2) is 0 Å². The van der Waals surface area contributed by atoms with Gasteiger partial charge in [-0.05, 0) is 36.8 Å². The highest BCUT2D eigenvalue weighted by molar-refractivity contribution is 5.97. The molecule has 1 atom stereocenters. The molecule has 1 aromatic heterocycles. The first kappa shape index (κ1) is 13.7. The molecule has 0 saturated heterocycles. The lowest BCUT2D eigenvalue weighted by atomic mass is 9.96. The summed E-state index contributed by atoms with van der Waals surface area (Å²) in [5.74, 6) is -0.284. The van der Waals surface area contributed by atoms with Gasteiger partial charge >= 0.3 is 5.97 Å². The number of hydrogen-bond donors (Lipinski definition) is 1. The van der Waals surface area contributed by atoms with Crippen molar-refractivity contribution < 1.29 is 19.4 Å². The molecule has 3 rings (SSSR count). The van der Waals surface area contributed by atoms with Crippen LogP contribution in [0.4, 0.5) is 0 Å². The number of rotatable bonds is 3. The van der Waals surface area contributed by atoms with Crippen molar-refractivity contribution in [1.29, 1.82) is 0 Å². The third-order valence-corrected chi connectivity index (χ3v) is 4.04. The number of carboxylic acids is 1. The zero-order chi connectivity index (χ0) is 15.1. The van der Waals surface area contributed by atoms with E-state index in [1.807, 2.05) is 19.1 Å². The predicted octanol–water partition coefficient (Wildman–Crippen LogP) is 2.67. The number of hydrogen-bond acceptors (Lipinski definition) is 4. The third-order valence-electron chi connectivity index (χ3n) is 4.04. The summed E-state index contributed by atoms with van der Waals surface area (Å²) in [6.45, 7) is 1.90. The van der Waals surface area contributed by atoms with Crippen molar-refractivity contribution in [2.45, 2.75) is 25.7 Å². The van der Waals surface area contributed by atoms with Gasteiger partial charge in [0.1, 0.15) is 5.75 Å². The molecule has 1 aliphatic carbocycles. The largest absolute Gasteiger partial charge is 0.496 e. The Labute approximate surface area is 122 Å². The van der Waals surface area contributed by atoms with Gasteiger partial charge in [0.05, 0.1) is 25.5 Å². The van der Waals surface area contributed by atoms with Crippen molar-refractivity contribution in [3.05, 3.63) is 29.0 Å². The number of carbonyl (C=O) groups is 1. The molecule has 0 amide bonds. The van der Waals surface area contributed by atoms with Crippen LogP contribution in [0.3, 0.4) is 0 Å². The minimum absolute atomic E-state index is 0.473. The smallest absolute Gasteiger partial charge is 0.311 e. The molecule has 21 heavy (non-hydrogen) atoms. The van der Waals surface area contributed by atoms with E-state index in [-0.39, 0.29) is 0 Å². The molecule has 2 aromatic rings. The fourth-order valence-electron chi connectivity index (χ4n) is 3.20. The summed E-state index contributed by atoms with van der Waals surface area (Å²) in [7, 11) is 3.12. The summed E-state index contributed by atoms with van der Waals surface area (Å²) in [4.78, 5) is 15.8. The Morgan fingerprint density at radius 1 is 1.33 bits per heavy atom. The molecule has 0 bridgehead atoms. The Morgan fingerprint density at radius 2 is 2.10 bits per heavy atom. The summed E-state index contributed by atoms with van der Waals surface area (Å²) >= 11 is 0. The summed E-state index contributed by atoms with van der Waals surface area (Å²) in [5.41, 5.74) is 2.66. The van der Waals surface area contributed by atoms with Crippen LogP contribution in [-0.4, -0.2) is 30.3 Å². The molecule has 5 nitrogen and oxygen atoms in total. The molecular weight excluding hydrogens is 270 g/mol. The van der Waals surface area contributed by atoms with Gasteiger partial charge in [0.25, 0.3) is 0 Å². The fourth-order valence-corrected chi connectivity index (χ4v) is 3.20. The van der Waals surface area contributed by atoms with Crippen molar-refractivity contribution in [2.75, 3.05) is 14.2 Å². The van der Waals surface area contributed by atoms with Crippen LogP contribution in [0.25, 0.3) is 10.8 Å². The molecule has 0 saturated carbocycles. The van der Waals surface area contributed by atoms with Gasteiger partial charge in [0, 0.05) is 11.3 Å². The summed E-state index contributed by atoms with van der Waals surface area (Å²) in [5, 5.41) is 11.1. The number of carboxylic acid groups (broad SMARTS) is 1. The molecule has 0 fully saturated rings. The van der Waals surface area contributed by atoms with Gasteiger partial charge in [-0.25, -0.2) is 4.98 Å². The van der Waals surface area contributed by atoms with E-state index in [4.69, 9.17) is 9.47 Å². The Morgan fingerprint density at radius 3 is 2.71 bits per heavy atom. The molecule has 0 spiro atoms. The third kappa shape index (κ3) is 2.00. The Hall–Kier alpha value is -2.30. The zero-order valence-corrected chi connectivity index (χ0v) is 12.3. The van der Waals surface area contributed by atoms with Gasteiger partial charge in [-0.2, -0.15) is 0 Å². The lowest BCUT2D eigenvalue weighted by molar-refractivity contribution is -0.138. The summed E-state index contributed by atoms with van der Waals surface area (Å²) in [6, 6.07) is 4.00. The molecule has 1 aliphatic rings. The normalized spacial score (nSPS) is 16.8. The van der Waals surface area contributed by atoms with Crippen LogP contribution in [0, 0.1) is 6.92 Å². The van der Waals surface area contributed by atoms with E-state index in [1.165, 1.54) is 0 Å². The second-order valence-corrected chi connectivity index (χ2v) is 5.28. The standard InChI is InChI=1S/C16H17NO4/c1-8-6-10-7-9-4-5-11(16(18)19)12(9)14(20-2)13(10)15(17-8)21-3/h6-7,11H,4-5H2,1-3H3,(H,18,19)/t11-/m1/s1. The molecule has 1 aromatic carbocycles. The van der Waals surface area contributed by atoms with E-state index in [1.54, 1.807) is 14.2 Å². The summed E-state index contributed by atoms with van der Waals surface area (Å²) in [6.07, 6.45) is 1.36. The van der Waals surface area contributed by atoms with Crippen LogP contribution in [0.1, 0.15) is 29.2 Å². The molecule has 0 aliphatic heterocycles. The maximum atomic E-state index is 11.5. The monoisotopic (exact) mass is 287 g/mol. The Balaban J connectivity index is 2.40. The first-order valence-corrected chi connectivity index (χ1v) is 6.84. The molecule has 0 radical (unpaired) electrons. The minimum Gasteiger partial charge on any atom is -0.496 e. The second-order valence-electron chi connectivity index (χ2n) is 5.28. The number of aromatic nitrogens is 1. The first-order chi connectivity index (χ1) is 10.1. The lowest BCUT2D eigenvalue weighted by Crippen LogP contribution is -2.09. The number of aliphatic carboxylic acids is 1.